The Bertz CT molecular complexity index is 1010. The van der Waals surface area contributed by atoms with E-state index in [0.29, 0.717) is 31.5 Å². The highest BCUT2D eigenvalue weighted by Crippen LogP contribution is 2.32. The summed E-state index contributed by atoms with van der Waals surface area (Å²) < 4.78 is 5.95. The molecule has 3 aromatic rings. The third-order valence-electron chi connectivity index (χ3n) is 6.56. The minimum atomic E-state index is 0.0502. The quantitative estimate of drug-likeness (QED) is 0.675. The number of carbonyl (C=O) groups is 1. The third-order valence-corrected chi connectivity index (χ3v) is 6.56. The number of carbonyl (C=O) groups excluding carboxylic acids is 1. The van der Waals surface area contributed by atoms with Crippen LogP contribution in [0.4, 0.5) is 0 Å². The number of hydrogen-bond acceptors (Lipinski definition) is 3. The van der Waals surface area contributed by atoms with Crippen LogP contribution in [0.25, 0.3) is 10.9 Å². The van der Waals surface area contributed by atoms with Crippen molar-refractivity contribution < 1.29 is 9.53 Å². The van der Waals surface area contributed by atoms with Gasteiger partial charge in [0.1, 0.15) is 5.69 Å². The molecule has 1 saturated heterocycles. The molecule has 5 rings (SSSR count). The number of benzene rings is 2. The van der Waals surface area contributed by atoms with Crippen molar-refractivity contribution in [2.45, 2.75) is 44.3 Å². The number of hydrogen-bond donors (Lipinski definition) is 2. The van der Waals surface area contributed by atoms with Gasteiger partial charge in [0.25, 0.3) is 5.91 Å². The number of amides is 1. The first-order valence-electron chi connectivity index (χ1n) is 11.0. The number of nitrogens with zero attached hydrogens (tertiary/aromatic N) is 1. The first-order chi connectivity index (χ1) is 14.7. The Morgan fingerprint density at radius 1 is 1.17 bits per heavy atom. The molecular weight excluding hydrogens is 374 g/mol. The van der Waals surface area contributed by atoms with Gasteiger partial charge in [0.2, 0.25) is 0 Å². The molecule has 2 heterocycles. The number of H-pyrrole nitrogens is 1. The molecule has 0 bridgehead atoms. The lowest BCUT2D eigenvalue weighted by Gasteiger charge is -2.38. The predicted molar refractivity (Wildman–Crippen MR) is 119 cm³/mol. The van der Waals surface area contributed by atoms with Crippen molar-refractivity contribution in [1.29, 1.82) is 0 Å². The van der Waals surface area contributed by atoms with E-state index in [2.05, 4.69) is 34.6 Å². The Labute approximate surface area is 177 Å². The molecule has 2 aromatic carbocycles. The van der Waals surface area contributed by atoms with E-state index >= 15 is 0 Å². The molecule has 2 unspecified atom stereocenters. The maximum atomic E-state index is 13.3. The molecular formula is C25H29N3O2. The Kier molecular flexibility index (Phi) is 5.32. The van der Waals surface area contributed by atoms with Gasteiger partial charge in [-0.2, -0.15) is 0 Å². The molecule has 0 spiro atoms. The smallest absolute Gasteiger partial charge is 0.270 e. The van der Waals surface area contributed by atoms with E-state index in [4.69, 9.17) is 4.74 Å². The summed E-state index contributed by atoms with van der Waals surface area (Å²) in [6.45, 7) is 4.01. The standard InChI is InChI=1S/C25H29N3O2/c1-2-28(25(29)24-13-18-8-4-6-10-22(18)27-24)20-14-19(15-30-16-20)26-23-12-11-17-7-3-5-9-21(17)23/h3-10,13,19-20,23,26-27H,2,11-12,14-16H2,1H3/t19?,20?,23-/m0/s1. The summed E-state index contributed by atoms with van der Waals surface area (Å²) >= 11 is 0. The first kappa shape index (κ1) is 19.3. The summed E-state index contributed by atoms with van der Waals surface area (Å²) in [5, 5.41) is 4.88. The predicted octanol–water partition coefficient (Wildman–Crippen LogP) is 4.06. The van der Waals surface area contributed by atoms with Gasteiger partial charge in [0, 0.05) is 29.5 Å². The van der Waals surface area contributed by atoms with Crippen LogP contribution in [0.1, 0.15) is 47.4 Å². The number of ether oxygens (including phenoxy) is 1. The van der Waals surface area contributed by atoms with Gasteiger partial charge in [0.15, 0.2) is 0 Å². The van der Waals surface area contributed by atoms with Gasteiger partial charge in [0.05, 0.1) is 19.3 Å². The fraction of sp³-hybridized carbons (Fsp3) is 0.400. The molecule has 2 aliphatic rings. The number of likely N-dealkylation sites (N-methyl/N-ethyl adjacent to an activating group) is 1. The zero-order chi connectivity index (χ0) is 20.5. The minimum absolute atomic E-state index is 0.0502. The molecule has 1 aliphatic heterocycles. The van der Waals surface area contributed by atoms with Gasteiger partial charge >= 0.3 is 0 Å². The van der Waals surface area contributed by atoms with Crippen molar-refractivity contribution in [1.82, 2.24) is 15.2 Å². The largest absolute Gasteiger partial charge is 0.378 e. The lowest BCUT2D eigenvalue weighted by molar-refractivity contribution is 0.000932. The lowest BCUT2D eigenvalue weighted by Crippen LogP contribution is -2.51. The van der Waals surface area contributed by atoms with Crippen LogP contribution in [0.5, 0.6) is 0 Å². The van der Waals surface area contributed by atoms with Crippen LogP contribution >= 0.6 is 0 Å². The molecule has 5 heteroatoms. The van der Waals surface area contributed by atoms with Crippen LogP contribution in [0, 0.1) is 0 Å². The minimum Gasteiger partial charge on any atom is -0.378 e. The average molecular weight is 404 g/mol. The molecule has 1 aromatic heterocycles. The number of aryl methyl sites for hydroxylation is 1. The fourth-order valence-corrected chi connectivity index (χ4v) is 5.07. The maximum absolute atomic E-state index is 13.3. The average Bonchev–Trinajstić information content (AvgIpc) is 3.39. The van der Waals surface area contributed by atoms with E-state index in [-0.39, 0.29) is 18.0 Å². The molecule has 0 saturated carbocycles. The van der Waals surface area contributed by atoms with Gasteiger partial charge in [-0.15, -0.1) is 0 Å². The zero-order valence-electron chi connectivity index (χ0n) is 17.4. The molecule has 5 nitrogen and oxygen atoms in total. The van der Waals surface area contributed by atoms with Crippen LogP contribution in [-0.2, 0) is 11.2 Å². The molecule has 3 atom stereocenters. The molecule has 1 aliphatic carbocycles. The lowest BCUT2D eigenvalue weighted by atomic mass is 10.0. The van der Waals surface area contributed by atoms with Crippen molar-refractivity contribution in [2.75, 3.05) is 19.8 Å². The Morgan fingerprint density at radius 3 is 2.87 bits per heavy atom. The van der Waals surface area contributed by atoms with Crippen LogP contribution in [-0.4, -0.2) is 47.6 Å². The Balaban J connectivity index is 1.29. The number of fused-ring (bicyclic) bond motifs is 2. The Morgan fingerprint density at radius 2 is 2.00 bits per heavy atom. The molecule has 0 radical (unpaired) electrons. The third kappa shape index (κ3) is 3.64. The van der Waals surface area contributed by atoms with E-state index < -0.39 is 0 Å². The summed E-state index contributed by atoms with van der Waals surface area (Å²) in [6, 6.07) is 19.4. The first-order valence-corrected chi connectivity index (χ1v) is 11.0. The van der Waals surface area contributed by atoms with Gasteiger partial charge in [-0.05, 0) is 49.4 Å². The second-order valence-corrected chi connectivity index (χ2v) is 8.44. The van der Waals surface area contributed by atoms with Gasteiger partial charge < -0.3 is 19.9 Å². The molecule has 1 amide bonds. The second kappa shape index (κ2) is 8.25. The van der Waals surface area contributed by atoms with Crippen LogP contribution < -0.4 is 5.32 Å². The zero-order valence-corrected chi connectivity index (χ0v) is 17.4. The summed E-state index contributed by atoms with van der Waals surface area (Å²) in [7, 11) is 0. The van der Waals surface area contributed by atoms with E-state index in [9.17, 15) is 4.79 Å². The number of rotatable bonds is 5. The van der Waals surface area contributed by atoms with E-state index in [0.717, 1.165) is 30.2 Å². The number of para-hydroxylation sites is 1. The summed E-state index contributed by atoms with van der Waals surface area (Å²) in [5.74, 6) is 0.0502. The number of nitrogens with one attached hydrogen (secondary N) is 2. The van der Waals surface area contributed by atoms with Crippen molar-refractivity contribution in [3.8, 4) is 0 Å². The molecule has 156 valence electrons. The highest BCUT2D eigenvalue weighted by atomic mass is 16.5. The summed E-state index contributed by atoms with van der Waals surface area (Å²) in [6.07, 6.45) is 3.18. The van der Waals surface area contributed by atoms with Crippen molar-refractivity contribution in [3.05, 3.63) is 71.4 Å². The van der Waals surface area contributed by atoms with Crippen LogP contribution in [0.2, 0.25) is 0 Å². The molecule has 2 N–H and O–H groups in total. The van der Waals surface area contributed by atoms with Gasteiger partial charge in [-0.25, -0.2) is 0 Å². The van der Waals surface area contributed by atoms with Crippen LogP contribution in [0.3, 0.4) is 0 Å². The fourth-order valence-electron chi connectivity index (χ4n) is 5.07. The monoisotopic (exact) mass is 403 g/mol. The maximum Gasteiger partial charge on any atom is 0.270 e. The Hall–Kier alpha value is -2.63. The van der Waals surface area contributed by atoms with E-state index in [1.54, 1.807) is 0 Å². The molecule has 1 fully saturated rings. The SMILES string of the molecule is CCN(C(=O)c1cc2ccccc2[nH]1)C1COCC(N[C@H]2CCc3ccccc32)C1. The topological polar surface area (TPSA) is 57.4 Å². The molecule has 30 heavy (non-hydrogen) atoms. The number of aromatic nitrogens is 1. The van der Waals surface area contributed by atoms with Crippen LogP contribution in [0.15, 0.2) is 54.6 Å². The number of aromatic amines is 1. The summed E-state index contributed by atoms with van der Waals surface area (Å²) in [4.78, 5) is 18.5. The second-order valence-electron chi connectivity index (χ2n) is 8.44. The van der Waals surface area contributed by atoms with Crippen molar-refractivity contribution >= 4 is 16.8 Å². The highest BCUT2D eigenvalue weighted by molar-refractivity contribution is 5.98. The summed E-state index contributed by atoms with van der Waals surface area (Å²) in [5.41, 5.74) is 4.52. The highest BCUT2D eigenvalue weighted by Gasteiger charge is 2.33. The van der Waals surface area contributed by atoms with E-state index in [1.807, 2.05) is 42.2 Å². The van der Waals surface area contributed by atoms with Gasteiger partial charge in [-0.3, -0.25) is 4.79 Å². The van der Waals surface area contributed by atoms with E-state index in [1.165, 1.54) is 11.1 Å². The van der Waals surface area contributed by atoms with Crippen molar-refractivity contribution in [3.63, 3.8) is 0 Å². The normalized spacial score (nSPS) is 23.4. The van der Waals surface area contributed by atoms with Crippen molar-refractivity contribution in [2.24, 2.45) is 0 Å². The van der Waals surface area contributed by atoms with Gasteiger partial charge in [-0.1, -0.05) is 42.5 Å².